The van der Waals surface area contributed by atoms with Crippen molar-refractivity contribution in [3.05, 3.63) is 54.0 Å². The Kier molecular flexibility index (Phi) is 5.26. The average Bonchev–Trinajstić information content (AvgIpc) is 3.42. The number of carbonyl (C=O) groups excluding carboxylic acids is 1. The largest absolute Gasteiger partial charge is 0.370 e. The topological polar surface area (TPSA) is 47.3 Å². The van der Waals surface area contributed by atoms with Crippen molar-refractivity contribution in [3.8, 4) is 0 Å². The van der Waals surface area contributed by atoms with Gasteiger partial charge in [-0.05, 0) is 54.8 Å². The molecule has 3 aromatic rings. The molecule has 0 N–H and O–H groups in total. The molecule has 0 atom stereocenters. The Morgan fingerprint density at radius 3 is 2.67 bits per heavy atom. The molecule has 36 heavy (non-hydrogen) atoms. The number of hydrogen-bond acceptors (Lipinski definition) is 6. The average molecular weight is 503 g/mol. The lowest BCUT2D eigenvalue weighted by molar-refractivity contribution is -0.0323. The minimum Gasteiger partial charge on any atom is -0.370 e. The fourth-order valence-corrected chi connectivity index (χ4v) is 7.50. The Bertz CT molecular complexity index is 1310. The fraction of sp³-hybridized carbons (Fsp3) is 0.500. The molecule has 3 fully saturated rings. The smallest absolute Gasteiger partial charge is 0.254 e. The number of likely N-dealkylation sites (tertiary alicyclic amines) is 1. The van der Waals surface area contributed by atoms with Gasteiger partial charge in [0.05, 0.1) is 5.69 Å². The van der Waals surface area contributed by atoms with Gasteiger partial charge in [-0.1, -0.05) is 0 Å². The standard InChI is InChI=1S/C28H34N6OS/c1-30-14-21-11-22(3-4-23(21)27(30)35)34-18-28(19-34)16-31(17-28)13-20-5-8-32(9-6-20)24-15-33-10-7-29-26(33)12-25(24)36-2/h3-4,7,10-12,15,20H,5-6,8-9,13-14,16-19H2,1-2H3. The van der Waals surface area contributed by atoms with Gasteiger partial charge in [-0.15, -0.1) is 11.8 Å². The van der Waals surface area contributed by atoms with E-state index in [0.717, 1.165) is 49.9 Å². The molecule has 4 aliphatic heterocycles. The van der Waals surface area contributed by atoms with E-state index in [1.165, 1.54) is 54.3 Å². The lowest BCUT2D eigenvalue weighted by Gasteiger charge is -2.61. The van der Waals surface area contributed by atoms with Crippen LogP contribution in [0.4, 0.5) is 11.4 Å². The van der Waals surface area contributed by atoms with Crippen LogP contribution in [0, 0.1) is 11.3 Å². The van der Waals surface area contributed by atoms with Gasteiger partial charge >= 0.3 is 0 Å². The van der Waals surface area contributed by atoms with Gasteiger partial charge in [0.1, 0.15) is 5.65 Å². The second kappa shape index (κ2) is 8.42. The first kappa shape index (κ1) is 22.5. The van der Waals surface area contributed by atoms with E-state index < -0.39 is 0 Å². The summed E-state index contributed by atoms with van der Waals surface area (Å²) < 4.78 is 2.14. The highest BCUT2D eigenvalue weighted by molar-refractivity contribution is 7.98. The highest BCUT2D eigenvalue weighted by Gasteiger charge is 2.52. The third kappa shape index (κ3) is 3.68. The Morgan fingerprint density at radius 2 is 1.89 bits per heavy atom. The van der Waals surface area contributed by atoms with Crippen molar-refractivity contribution in [1.29, 1.82) is 0 Å². The van der Waals surface area contributed by atoms with Gasteiger partial charge in [0.2, 0.25) is 0 Å². The van der Waals surface area contributed by atoms with Crippen molar-refractivity contribution in [3.63, 3.8) is 0 Å². The maximum Gasteiger partial charge on any atom is 0.254 e. The lowest BCUT2D eigenvalue weighted by atomic mass is 9.72. The quantitative estimate of drug-likeness (QED) is 0.496. The number of carbonyl (C=O) groups is 1. The van der Waals surface area contributed by atoms with Crippen LogP contribution in [0.1, 0.15) is 28.8 Å². The molecule has 2 aromatic heterocycles. The number of benzene rings is 1. The molecule has 0 radical (unpaired) electrons. The number of hydrogen-bond donors (Lipinski definition) is 0. The molecular weight excluding hydrogens is 468 g/mol. The van der Waals surface area contributed by atoms with Crippen LogP contribution in [0.2, 0.25) is 0 Å². The van der Waals surface area contributed by atoms with Gasteiger partial charge in [-0.3, -0.25) is 4.79 Å². The monoisotopic (exact) mass is 502 g/mol. The van der Waals surface area contributed by atoms with Crippen molar-refractivity contribution < 1.29 is 4.79 Å². The molecule has 0 bridgehead atoms. The highest BCUT2D eigenvalue weighted by Crippen LogP contribution is 2.43. The lowest BCUT2D eigenvalue weighted by Crippen LogP contribution is -2.72. The van der Waals surface area contributed by atoms with E-state index in [9.17, 15) is 4.79 Å². The Balaban J connectivity index is 0.903. The molecule has 188 valence electrons. The predicted octanol–water partition coefficient (Wildman–Crippen LogP) is 3.68. The van der Waals surface area contributed by atoms with E-state index in [0.29, 0.717) is 5.41 Å². The van der Waals surface area contributed by atoms with Gasteiger partial charge < -0.3 is 24.0 Å². The molecule has 1 amide bonds. The first-order valence-corrected chi connectivity index (χ1v) is 14.3. The van der Waals surface area contributed by atoms with Crippen molar-refractivity contribution in [2.45, 2.75) is 24.3 Å². The molecule has 1 aromatic carbocycles. The first-order chi connectivity index (χ1) is 17.5. The van der Waals surface area contributed by atoms with Gasteiger partial charge in [0.25, 0.3) is 5.91 Å². The maximum absolute atomic E-state index is 12.2. The summed E-state index contributed by atoms with van der Waals surface area (Å²) in [6.07, 6.45) is 10.9. The van der Waals surface area contributed by atoms with Crippen molar-refractivity contribution >= 4 is 34.7 Å². The van der Waals surface area contributed by atoms with Crippen LogP contribution in [-0.4, -0.2) is 84.2 Å². The molecule has 4 aliphatic rings. The number of amides is 1. The number of imidazole rings is 1. The number of aromatic nitrogens is 2. The summed E-state index contributed by atoms with van der Waals surface area (Å²) in [6, 6.07) is 8.62. The minimum atomic E-state index is 0.154. The summed E-state index contributed by atoms with van der Waals surface area (Å²) in [7, 11) is 1.88. The van der Waals surface area contributed by atoms with Crippen molar-refractivity contribution in [2.75, 3.05) is 68.9 Å². The SMILES string of the molecule is CSc1cc2nccn2cc1N1CCC(CN2CC3(C2)CN(c2ccc4c(c2)CN(C)C4=O)C3)CC1. The molecule has 8 heteroatoms. The number of piperidine rings is 1. The molecule has 7 rings (SSSR count). The molecule has 3 saturated heterocycles. The zero-order valence-corrected chi connectivity index (χ0v) is 22.0. The van der Waals surface area contributed by atoms with E-state index in [-0.39, 0.29) is 5.91 Å². The van der Waals surface area contributed by atoms with Crippen LogP contribution in [-0.2, 0) is 6.54 Å². The van der Waals surface area contributed by atoms with Gasteiger partial charge in [-0.2, -0.15) is 0 Å². The Hall–Kier alpha value is -2.71. The normalized spacial score (nSPS) is 21.8. The van der Waals surface area contributed by atoms with Gasteiger partial charge in [0, 0.05) is 99.6 Å². The number of pyridine rings is 1. The molecule has 6 heterocycles. The first-order valence-electron chi connectivity index (χ1n) is 13.1. The number of thioether (sulfide) groups is 1. The predicted molar refractivity (Wildman–Crippen MR) is 145 cm³/mol. The number of fused-ring (bicyclic) bond motifs is 2. The van der Waals surface area contributed by atoms with E-state index in [1.54, 1.807) is 4.90 Å². The molecular formula is C28H34N6OS. The zero-order valence-electron chi connectivity index (χ0n) is 21.2. The van der Waals surface area contributed by atoms with E-state index in [2.05, 4.69) is 54.7 Å². The van der Waals surface area contributed by atoms with Crippen LogP contribution in [0.25, 0.3) is 5.65 Å². The second-order valence-electron chi connectivity index (χ2n) is 11.4. The maximum atomic E-state index is 12.2. The van der Waals surface area contributed by atoms with Gasteiger partial charge in [0.15, 0.2) is 0 Å². The van der Waals surface area contributed by atoms with Crippen molar-refractivity contribution in [1.82, 2.24) is 19.2 Å². The summed E-state index contributed by atoms with van der Waals surface area (Å²) in [5.41, 5.74) is 6.21. The molecule has 0 saturated carbocycles. The summed E-state index contributed by atoms with van der Waals surface area (Å²) >= 11 is 1.82. The number of anilines is 2. The van der Waals surface area contributed by atoms with E-state index in [1.807, 2.05) is 37.3 Å². The van der Waals surface area contributed by atoms with E-state index >= 15 is 0 Å². The molecule has 7 nitrogen and oxygen atoms in total. The van der Waals surface area contributed by atoms with Crippen LogP contribution in [0.3, 0.4) is 0 Å². The number of rotatable bonds is 5. The summed E-state index contributed by atoms with van der Waals surface area (Å²) in [4.78, 5) is 27.5. The van der Waals surface area contributed by atoms with E-state index in [4.69, 9.17) is 0 Å². The Morgan fingerprint density at radius 1 is 1.08 bits per heavy atom. The molecule has 0 aliphatic carbocycles. The zero-order chi connectivity index (χ0) is 24.4. The number of nitrogens with zero attached hydrogens (tertiary/aromatic N) is 6. The van der Waals surface area contributed by atoms with Crippen LogP contribution >= 0.6 is 11.8 Å². The second-order valence-corrected chi connectivity index (χ2v) is 12.2. The van der Waals surface area contributed by atoms with Crippen LogP contribution in [0.5, 0.6) is 0 Å². The van der Waals surface area contributed by atoms with Crippen LogP contribution < -0.4 is 9.80 Å². The Labute approximate surface area is 217 Å². The summed E-state index contributed by atoms with van der Waals surface area (Å²) in [5, 5.41) is 0. The third-order valence-corrected chi connectivity index (χ3v) is 9.54. The molecule has 1 spiro atoms. The summed E-state index contributed by atoms with van der Waals surface area (Å²) in [6.45, 7) is 9.05. The van der Waals surface area contributed by atoms with Gasteiger partial charge in [-0.25, -0.2) is 4.98 Å². The highest BCUT2D eigenvalue weighted by atomic mass is 32.2. The minimum absolute atomic E-state index is 0.154. The summed E-state index contributed by atoms with van der Waals surface area (Å²) in [5.74, 6) is 0.955. The van der Waals surface area contributed by atoms with Crippen molar-refractivity contribution in [2.24, 2.45) is 11.3 Å². The molecule has 0 unspecified atom stereocenters. The van der Waals surface area contributed by atoms with Crippen LogP contribution in [0.15, 0.2) is 47.8 Å². The fourth-order valence-electron chi connectivity index (χ4n) is 6.88. The third-order valence-electron chi connectivity index (χ3n) is 8.77.